The van der Waals surface area contributed by atoms with Crippen LogP contribution in [-0.4, -0.2) is 75.3 Å². The van der Waals surface area contributed by atoms with Gasteiger partial charge in [0.05, 0.1) is 26.3 Å². The number of carbonyl (C=O) groups is 1. The summed E-state index contributed by atoms with van der Waals surface area (Å²) in [5, 5.41) is 12.1. The van der Waals surface area contributed by atoms with Crippen LogP contribution in [-0.2, 0) is 22.6 Å². The van der Waals surface area contributed by atoms with E-state index in [1.165, 1.54) is 11.1 Å². The number of rotatable bonds is 6. The van der Waals surface area contributed by atoms with Crippen molar-refractivity contribution < 1.29 is 9.53 Å². The zero-order valence-electron chi connectivity index (χ0n) is 17.2. The zero-order valence-corrected chi connectivity index (χ0v) is 17.2. The van der Waals surface area contributed by atoms with Gasteiger partial charge in [-0.2, -0.15) is 0 Å². The first-order chi connectivity index (χ1) is 14.2. The minimum absolute atomic E-state index is 0.191. The van der Waals surface area contributed by atoms with Crippen molar-refractivity contribution in [1.82, 2.24) is 30.0 Å². The second-order valence-corrected chi connectivity index (χ2v) is 7.99. The van der Waals surface area contributed by atoms with Crippen molar-refractivity contribution in [1.29, 1.82) is 0 Å². The maximum atomic E-state index is 12.9. The third-order valence-electron chi connectivity index (χ3n) is 6.01. The summed E-state index contributed by atoms with van der Waals surface area (Å²) in [6, 6.07) is 8.53. The molecule has 2 aliphatic rings. The highest BCUT2D eigenvalue weighted by atomic mass is 16.5. The lowest BCUT2D eigenvalue weighted by Crippen LogP contribution is -2.39. The van der Waals surface area contributed by atoms with E-state index in [-0.39, 0.29) is 5.91 Å². The van der Waals surface area contributed by atoms with Crippen LogP contribution < -0.4 is 0 Å². The molecule has 0 saturated carbocycles. The van der Waals surface area contributed by atoms with Gasteiger partial charge in [-0.15, -0.1) is 5.10 Å². The highest BCUT2D eigenvalue weighted by Crippen LogP contribution is 2.29. The normalized spacial score (nSPS) is 20.7. The quantitative estimate of drug-likeness (QED) is 0.736. The number of hydrogen-bond donors (Lipinski definition) is 0. The molecule has 0 aliphatic carbocycles. The molecule has 1 atom stereocenters. The van der Waals surface area contributed by atoms with Gasteiger partial charge in [0, 0.05) is 38.5 Å². The molecular weight excluding hydrogens is 368 g/mol. The molecule has 8 nitrogen and oxygen atoms in total. The highest BCUT2D eigenvalue weighted by Gasteiger charge is 2.25. The van der Waals surface area contributed by atoms with Gasteiger partial charge in [-0.3, -0.25) is 9.69 Å². The standard InChI is InChI=1S/C21H30N6O2/c1-17-5-2-3-7-19(17)18-6-4-9-26(15-18)21(28)8-10-27-20(22-23-24-27)16-25-11-13-29-14-12-25/h2-3,5,7,18H,4,6,8-16H2,1H3/t18-/m0/s1. The Hall–Kier alpha value is -2.32. The van der Waals surface area contributed by atoms with Crippen molar-refractivity contribution in [3.8, 4) is 0 Å². The van der Waals surface area contributed by atoms with Crippen molar-refractivity contribution >= 4 is 5.91 Å². The van der Waals surface area contributed by atoms with Crippen LogP contribution in [0.2, 0.25) is 0 Å². The van der Waals surface area contributed by atoms with Crippen LogP contribution in [0.1, 0.15) is 42.1 Å². The highest BCUT2D eigenvalue weighted by molar-refractivity contribution is 5.76. The van der Waals surface area contributed by atoms with E-state index >= 15 is 0 Å². The predicted octanol–water partition coefficient (Wildman–Crippen LogP) is 1.61. The van der Waals surface area contributed by atoms with Crippen LogP contribution in [0.25, 0.3) is 0 Å². The van der Waals surface area contributed by atoms with Crippen LogP contribution in [0.3, 0.4) is 0 Å². The summed E-state index contributed by atoms with van der Waals surface area (Å²) in [6.07, 6.45) is 2.63. The monoisotopic (exact) mass is 398 g/mol. The zero-order chi connectivity index (χ0) is 20.1. The van der Waals surface area contributed by atoms with E-state index in [9.17, 15) is 4.79 Å². The Labute approximate surface area is 171 Å². The maximum Gasteiger partial charge on any atom is 0.224 e. The van der Waals surface area contributed by atoms with Crippen molar-refractivity contribution in [3.63, 3.8) is 0 Å². The summed E-state index contributed by atoms with van der Waals surface area (Å²) in [5.74, 6) is 1.44. The average Bonchev–Trinajstić information content (AvgIpc) is 3.20. The Kier molecular flexibility index (Phi) is 6.51. The molecule has 0 unspecified atom stereocenters. The van der Waals surface area contributed by atoms with E-state index in [0.29, 0.717) is 25.4 Å². The van der Waals surface area contributed by atoms with E-state index in [1.54, 1.807) is 4.68 Å². The minimum atomic E-state index is 0.191. The van der Waals surface area contributed by atoms with E-state index in [2.05, 4.69) is 51.6 Å². The van der Waals surface area contributed by atoms with Gasteiger partial charge in [0.1, 0.15) is 0 Å². The lowest BCUT2D eigenvalue weighted by atomic mass is 9.88. The lowest BCUT2D eigenvalue weighted by Gasteiger charge is -2.33. The number of likely N-dealkylation sites (tertiary alicyclic amines) is 1. The van der Waals surface area contributed by atoms with Crippen LogP contribution >= 0.6 is 0 Å². The Morgan fingerprint density at radius 2 is 2.03 bits per heavy atom. The van der Waals surface area contributed by atoms with Crippen molar-refractivity contribution in [2.45, 2.75) is 45.2 Å². The molecule has 0 radical (unpaired) electrons. The molecule has 156 valence electrons. The van der Waals surface area contributed by atoms with Gasteiger partial charge in [0.15, 0.2) is 5.82 Å². The van der Waals surface area contributed by atoms with Crippen LogP contribution in [0.4, 0.5) is 0 Å². The van der Waals surface area contributed by atoms with Gasteiger partial charge in [-0.25, -0.2) is 4.68 Å². The second kappa shape index (κ2) is 9.45. The summed E-state index contributed by atoms with van der Waals surface area (Å²) in [6.45, 7) is 8.30. The van der Waals surface area contributed by atoms with Crippen molar-refractivity contribution in [3.05, 3.63) is 41.2 Å². The van der Waals surface area contributed by atoms with E-state index in [1.807, 2.05) is 4.90 Å². The summed E-state index contributed by atoms with van der Waals surface area (Å²) in [4.78, 5) is 17.2. The summed E-state index contributed by atoms with van der Waals surface area (Å²) in [7, 11) is 0. The van der Waals surface area contributed by atoms with Gasteiger partial charge in [-0.1, -0.05) is 24.3 Å². The molecule has 1 aromatic carbocycles. The molecule has 1 amide bonds. The maximum absolute atomic E-state index is 12.9. The number of hydrogen-bond acceptors (Lipinski definition) is 6. The first kappa shape index (κ1) is 20.0. The SMILES string of the molecule is Cc1ccccc1[C@H]1CCCN(C(=O)CCn2nnnc2CN2CCOCC2)C1. The Bertz CT molecular complexity index is 817. The number of piperidine rings is 1. The Morgan fingerprint density at radius 3 is 2.86 bits per heavy atom. The molecule has 0 spiro atoms. The summed E-state index contributed by atoms with van der Waals surface area (Å²) < 4.78 is 7.17. The molecule has 0 bridgehead atoms. The third-order valence-corrected chi connectivity index (χ3v) is 6.01. The fourth-order valence-electron chi connectivity index (χ4n) is 4.33. The fourth-order valence-corrected chi connectivity index (χ4v) is 4.33. The van der Waals surface area contributed by atoms with E-state index < -0.39 is 0 Å². The topological polar surface area (TPSA) is 76.4 Å². The first-order valence-electron chi connectivity index (χ1n) is 10.6. The predicted molar refractivity (Wildman–Crippen MR) is 108 cm³/mol. The molecule has 3 heterocycles. The molecule has 1 aromatic heterocycles. The molecular formula is C21H30N6O2. The average molecular weight is 399 g/mol. The number of nitrogens with zero attached hydrogens (tertiary/aromatic N) is 6. The van der Waals surface area contributed by atoms with E-state index in [4.69, 9.17) is 4.74 Å². The van der Waals surface area contributed by atoms with Crippen LogP contribution in [0.5, 0.6) is 0 Å². The molecule has 4 rings (SSSR count). The number of aromatic nitrogens is 4. The largest absolute Gasteiger partial charge is 0.379 e. The number of morpholine rings is 1. The van der Waals surface area contributed by atoms with Gasteiger partial charge in [0.25, 0.3) is 0 Å². The Morgan fingerprint density at radius 1 is 1.21 bits per heavy atom. The number of benzene rings is 1. The summed E-state index contributed by atoms with van der Waals surface area (Å²) in [5.41, 5.74) is 2.69. The number of amides is 1. The van der Waals surface area contributed by atoms with Crippen LogP contribution in [0, 0.1) is 6.92 Å². The van der Waals surface area contributed by atoms with E-state index in [0.717, 1.165) is 58.1 Å². The molecule has 2 aromatic rings. The smallest absolute Gasteiger partial charge is 0.224 e. The molecule has 2 aliphatic heterocycles. The van der Waals surface area contributed by atoms with Crippen molar-refractivity contribution in [2.24, 2.45) is 0 Å². The van der Waals surface area contributed by atoms with Gasteiger partial charge in [-0.05, 0) is 41.3 Å². The number of ether oxygens (including phenoxy) is 1. The van der Waals surface area contributed by atoms with Gasteiger partial charge in [0.2, 0.25) is 5.91 Å². The lowest BCUT2D eigenvalue weighted by molar-refractivity contribution is -0.132. The van der Waals surface area contributed by atoms with Crippen LogP contribution in [0.15, 0.2) is 24.3 Å². The number of aryl methyl sites for hydroxylation is 2. The Balaban J connectivity index is 1.32. The number of carbonyl (C=O) groups excluding carboxylic acids is 1. The van der Waals surface area contributed by atoms with Crippen molar-refractivity contribution in [2.75, 3.05) is 39.4 Å². The fraction of sp³-hybridized carbons (Fsp3) is 0.619. The van der Waals surface area contributed by atoms with Gasteiger partial charge < -0.3 is 9.64 Å². The second-order valence-electron chi connectivity index (χ2n) is 7.99. The molecule has 8 heteroatoms. The van der Waals surface area contributed by atoms with Gasteiger partial charge >= 0.3 is 0 Å². The summed E-state index contributed by atoms with van der Waals surface area (Å²) >= 11 is 0. The minimum Gasteiger partial charge on any atom is -0.379 e. The molecule has 0 N–H and O–H groups in total. The molecule has 2 saturated heterocycles. The first-order valence-corrected chi connectivity index (χ1v) is 10.6. The third kappa shape index (κ3) is 5.00. The molecule has 29 heavy (non-hydrogen) atoms. The molecule has 2 fully saturated rings. The number of tetrazole rings is 1.